The van der Waals surface area contributed by atoms with Crippen LogP contribution in [0.3, 0.4) is 0 Å². The van der Waals surface area contributed by atoms with E-state index in [0.717, 1.165) is 81.8 Å². The molecule has 0 radical (unpaired) electrons. The van der Waals surface area contributed by atoms with Gasteiger partial charge in [0.1, 0.15) is 0 Å². The van der Waals surface area contributed by atoms with Crippen molar-refractivity contribution < 1.29 is 9.47 Å². The predicted molar refractivity (Wildman–Crippen MR) is 161 cm³/mol. The molecule has 8 nitrogen and oxygen atoms in total. The predicted octanol–water partition coefficient (Wildman–Crippen LogP) is 6.17. The molecule has 5 heterocycles. The molecule has 0 amide bonds. The summed E-state index contributed by atoms with van der Waals surface area (Å²) in [5.41, 5.74) is 2.76. The zero-order valence-electron chi connectivity index (χ0n) is 23.4. The molecule has 40 heavy (non-hydrogen) atoms. The number of piperidine rings is 1. The summed E-state index contributed by atoms with van der Waals surface area (Å²) in [4.78, 5) is 21.2. The third-order valence-corrected chi connectivity index (χ3v) is 7.88. The highest BCUT2D eigenvalue weighted by Crippen LogP contribution is 2.30. The average Bonchev–Trinajstić information content (AvgIpc) is 2.94. The lowest BCUT2D eigenvalue weighted by molar-refractivity contribution is -0.0661. The summed E-state index contributed by atoms with van der Waals surface area (Å²) in [5, 5.41) is 1.15. The summed E-state index contributed by atoms with van der Waals surface area (Å²) in [7, 11) is 0. The molecule has 1 aromatic carbocycles. The Hall–Kier alpha value is -2.49. The van der Waals surface area contributed by atoms with E-state index >= 15 is 0 Å². The van der Waals surface area contributed by atoms with Gasteiger partial charge in [-0.05, 0) is 55.8 Å². The molecule has 10 heteroatoms. The van der Waals surface area contributed by atoms with E-state index in [-0.39, 0.29) is 0 Å². The maximum Gasteiger partial charge on any atom is 0.225 e. The molecular formula is C30H38Cl2N6O2. The summed E-state index contributed by atoms with van der Waals surface area (Å²) in [5.74, 6) is 1.78. The lowest BCUT2D eigenvalue weighted by atomic mass is 10.1. The fourth-order valence-corrected chi connectivity index (χ4v) is 5.82. The number of ether oxygens (including phenoxy) is 2. The van der Waals surface area contributed by atoms with Crippen molar-refractivity contribution in [3.8, 4) is 22.9 Å². The minimum Gasteiger partial charge on any atom is -0.436 e. The lowest BCUT2D eigenvalue weighted by Gasteiger charge is -2.42. The van der Waals surface area contributed by atoms with E-state index in [9.17, 15) is 0 Å². The van der Waals surface area contributed by atoms with E-state index < -0.39 is 0 Å². The Bertz CT molecular complexity index is 1220. The van der Waals surface area contributed by atoms with Gasteiger partial charge in [0.15, 0.2) is 5.75 Å². The summed E-state index contributed by atoms with van der Waals surface area (Å²) in [6.07, 6.45) is 7.22. The van der Waals surface area contributed by atoms with Crippen LogP contribution >= 0.6 is 23.2 Å². The van der Waals surface area contributed by atoms with Crippen molar-refractivity contribution in [3.63, 3.8) is 0 Å². The maximum atomic E-state index is 6.30. The number of pyridine rings is 1. The highest BCUT2D eigenvalue weighted by atomic mass is 35.5. The zero-order valence-corrected chi connectivity index (χ0v) is 24.9. The molecule has 0 spiro atoms. The Kier molecular flexibility index (Phi) is 10.1. The summed E-state index contributed by atoms with van der Waals surface area (Å²) in [6.45, 7) is 12.6. The SMILES string of the molecule is CC.Clc1cc(Cl)cc(-c2cc(CN3CCCCC3)cc(Oc3cnc(N4CCN(C5COC5)CC4)nc3)n2)c1. The number of halogens is 2. The van der Waals surface area contributed by atoms with Crippen molar-refractivity contribution in [1.29, 1.82) is 0 Å². The number of hydrogen-bond acceptors (Lipinski definition) is 8. The van der Waals surface area contributed by atoms with Gasteiger partial charge in [-0.15, -0.1) is 0 Å². The van der Waals surface area contributed by atoms with E-state index in [4.69, 9.17) is 37.7 Å². The normalized spacial score (nSPS) is 18.6. The van der Waals surface area contributed by atoms with E-state index in [1.54, 1.807) is 18.5 Å². The quantitative estimate of drug-likeness (QED) is 0.326. The third-order valence-electron chi connectivity index (χ3n) is 7.45. The van der Waals surface area contributed by atoms with Gasteiger partial charge in [0.25, 0.3) is 0 Å². The number of likely N-dealkylation sites (tertiary alicyclic amines) is 1. The molecule has 0 saturated carbocycles. The number of aromatic nitrogens is 3. The van der Waals surface area contributed by atoms with Gasteiger partial charge in [0.05, 0.1) is 37.3 Å². The van der Waals surface area contributed by atoms with Crippen molar-refractivity contribution in [2.45, 2.75) is 45.7 Å². The maximum absolute atomic E-state index is 6.30. The van der Waals surface area contributed by atoms with Crippen molar-refractivity contribution in [2.24, 2.45) is 0 Å². The van der Waals surface area contributed by atoms with E-state index in [1.807, 2.05) is 32.0 Å². The standard InChI is InChI=1S/C28H32Cl2N6O2.C2H6/c29-22-12-21(13-23(30)14-22)26-10-20(17-34-4-2-1-3-5-34)11-27(33-26)38-25-15-31-28(32-16-25)36-8-6-35(7-9-36)24-18-37-19-24;1-2/h10-16,24H,1-9,17-19H2;1-2H3. The van der Waals surface area contributed by atoms with Crippen LogP contribution in [-0.2, 0) is 11.3 Å². The first-order valence-electron chi connectivity index (χ1n) is 14.4. The molecule has 0 atom stereocenters. The van der Waals surface area contributed by atoms with Gasteiger partial charge < -0.3 is 14.4 Å². The molecule has 6 rings (SSSR count). The van der Waals surface area contributed by atoms with Crippen LogP contribution in [0.1, 0.15) is 38.7 Å². The fraction of sp³-hybridized carbons (Fsp3) is 0.500. The van der Waals surface area contributed by atoms with Crippen LogP contribution in [0.2, 0.25) is 10.0 Å². The molecule has 0 N–H and O–H groups in total. The second kappa shape index (κ2) is 13.9. The second-order valence-corrected chi connectivity index (χ2v) is 11.1. The average molecular weight is 586 g/mol. The summed E-state index contributed by atoms with van der Waals surface area (Å²) >= 11 is 12.6. The van der Waals surface area contributed by atoms with E-state index in [1.165, 1.54) is 19.3 Å². The van der Waals surface area contributed by atoms with E-state index in [2.05, 4.69) is 30.7 Å². The Morgan fingerprint density at radius 1 is 0.850 bits per heavy atom. The summed E-state index contributed by atoms with van der Waals surface area (Å²) in [6, 6.07) is 10.1. The van der Waals surface area contributed by atoms with Crippen molar-refractivity contribution >= 4 is 29.2 Å². The number of hydrogen-bond donors (Lipinski definition) is 0. The van der Waals surface area contributed by atoms with Crippen molar-refractivity contribution in [3.05, 3.63) is 58.3 Å². The van der Waals surface area contributed by atoms with Gasteiger partial charge >= 0.3 is 0 Å². The van der Waals surface area contributed by atoms with Gasteiger partial charge in [-0.1, -0.05) is 43.5 Å². The molecule has 3 saturated heterocycles. The largest absolute Gasteiger partial charge is 0.436 e. The van der Waals surface area contributed by atoms with Crippen LogP contribution in [0.5, 0.6) is 11.6 Å². The Morgan fingerprint density at radius 3 is 2.15 bits per heavy atom. The number of benzene rings is 1. The topological polar surface area (TPSA) is 66.9 Å². The fourth-order valence-electron chi connectivity index (χ4n) is 5.30. The van der Waals surface area contributed by atoms with Crippen molar-refractivity contribution in [2.75, 3.05) is 57.4 Å². The molecular weight excluding hydrogens is 547 g/mol. The molecule has 0 bridgehead atoms. The molecule has 3 aliphatic heterocycles. The molecule has 2 aromatic heterocycles. The monoisotopic (exact) mass is 584 g/mol. The highest BCUT2D eigenvalue weighted by molar-refractivity contribution is 6.35. The van der Waals surface area contributed by atoms with Crippen molar-refractivity contribution in [1.82, 2.24) is 24.8 Å². The minimum atomic E-state index is 0.498. The van der Waals surface area contributed by atoms with Crippen LogP contribution in [0, 0.1) is 0 Å². The Morgan fingerprint density at radius 2 is 1.52 bits per heavy atom. The van der Waals surface area contributed by atoms with Crippen LogP contribution in [0.25, 0.3) is 11.3 Å². The first kappa shape index (κ1) is 29.0. The molecule has 0 aliphatic carbocycles. The van der Waals surface area contributed by atoms with Crippen LogP contribution in [-0.4, -0.2) is 83.3 Å². The van der Waals surface area contributed by atoms with Crippen LogP contribution < -0.4 is 9.64 Å². The lowest BCUT2D eigenvalue weighted by Crippen LogP contribution is -2.56. The minimum absolute atomic E-state index is 0.498. The third kappa shape index (κ3) is 7.42. The molecule has 0 unspecified atom stereocenters. The van der Waals surface area contributed by atoms with Crippen LogP contribution in [0.4, 0.5) is 5.95 Å². The zero-order chi connectivity index (χ0) is 27.9. The van der Waals surface area contributed by atoms with Gasteiger partial charge in [-0.2, -0.15) is 0 Å². The number of anilines is 1. The Labute approximate surface area is 247 Å². The first-order chi connectivity index (χ1) is 19.6. The van der Waals surface area contributed by atoms with E-state index in [0.29, 0.717) is 27.7 Å². The highest BCUT2D eigenvalue weighted by Gasteiger charge is 2.29. The van der Waals surface area contributed by atoms with Gasteiger partial charge in [-0.3, -0.25) is 9.80 Å². The second-order valence-electron chi connectivity index (χ2n) is 10.2. The number of piperazine rings is 1. The first-order valence-corrected chi connectivity index (χ1v) is 15.1. The van der Waals surface area contributed by atoms with Gasteiger partial charge in [0, 0.05) is 54.4 Å². The smallest absolute Gasteiger partial charge is 0.225 e. The molecule has 3 aliphatic rings. The van der Waals surface area contributed by atoms with Gasteiger partial charge in [-0.25, -0.2) is 15.0 Å². The number of rotatable bonds is 7. The van der Waals surface area contributed by atoms with Crippen LogP contribution in [0.15, 0.2) is 42.7 Å². The van der Waals surface area contributed by atoms with Gasteiger partial charge in [0.2, 0.25) is 11.8 Å². The Balaban J connectivity index is 0.00000158. The molecule has 3 aromatic rings. The molecule has 3 fully saturated rings. The number of nitrogens with zero attached hydrogens (tertiary/aromatic N) is 6. The summed E-state index contributed by atoms with van der Waals surface area (Å²) < 4.78 is 11.5. The molecule has 214 valence electrons.